The lowest BCUT2D eigenvalue weighted by atomic mass is 10.0. The van der Waals surface area contributed by atoms with Crippen LogP contribution in [0.15, 0.2) is 54.2 Å². The highest BCUT2D eigenvalue weighted by Crippen LogP contribution is 2.32. The van der Waals surface area contributed by atoms with Gasteiger partial charge < -0.3 is 15.0 Å². The minimum Gasteiger partial charge on any atom is -0.497 e. The number of hydrogen-bond acceptors (Lipinski definition) is 5. The Morgan fingerprint density at radius 3 is 2.16 bits per heavy atom. The molecule has 2 aliphatic rings. The number of imide groups is 1. The molecule has 162 valence electrons. The normalized spacial score (nSPS) is 16.6. The van der Waals surface area contributed by atoms with E-state index in [0.29, 0.717) is 29.1 Å². The number of methoxy groups -OCH3 is 1. The Labute approximate surface area is 183 Å². The number of hydrogen-bond donors (Lipinski definition) is 1. The van der Waals surface area contributed by atoms with Gasteiger partial charge in [0.25, 0.3) is 11.8 Å². The molecule has 2 heterocycles. The molecule has 2 aromatic rings. The second kappa shape index (κ2) is 8.84. The third-order valence-electron chi connectivity index (χ3n) is 5.70. The molecule has 1 N–H and O–H groups in total. The van der Waals surface area contributed by atoms with Gasteiger partial charge in [-0.3, -0.25) is 14.5 Å². The smallest absolute Gasteiger partial charge is 0.278 e. The number of anilines is 2. The minimum absolute atomic E-state index is 0.184. The van der Waals surface area contributed by atoms with Crippen molar-refractivity contribution in [1.82, 2.24) is 4.90 Å². The van der Waals surface area contributed by atoms with Crippen LogP contribution in [0.1, 0.15) is 32.3 Å². The summed E-state index contributed by atoms with van der Waals surface area (Å²) >= 11 is 0. The number of carbonyl (C=O) groups is 2. The molecule has 1 saturated heterocycles. The van der Waals surface area contributed by atoms with Crippen molar-refractivity contribution >= 4 is 28.8 Å². The topological polar surface area (TPSA) is 61.9 Å². The van der Waals surface area contributed by atoms with Gasteiger partial charge in [-0.15, -0.1) is 0 Å². The number of rotatable bonds is 7. The van der Waals surface area contributed by atoms with Crippen LogP contribution in [0.25, 0.3) is 5.57 Å². The van der Waals surface area contributed by atoms with Gasteiger partial charge in [0.2, 0.25) is 0 Å². The van der Waals surface area contributed by atoms with Crippen LogP contribution < -0.4 is 15.0 Å². The molecule has 0 unspecified atom stereocenters. The average Bonchev–Trinajstić information content (AvgIpc) is 3.38. The fourth-order valence-electron chi connectivity index (χ4n) is 4.12. The van der Waals surface area contributed by atoms with Crippen LogP contribution in [0.3, 0.4) is 0 Å². The first-order valence-corrected chi connectivity index (χ1v) is 10.8. The quantitative estimate of drug-likeness (QED) is 0.684. The summed E-state index contributed by atoms with van der Waals surface area (Å²) in [5, 5.41) is 3.24. The number of ether oxygens (including phenoxy) is 1. The number of amides is 2. The van der Waals surface area contributed by atoms with Crippen LogP contribution in [-0.2, 0) is 9.59 Å². The molecule has 2 aliphatic heterocycles. The molecule has 0 saturated carbocycles. The third kappa shape index (κ3) is 4.29. The minimum atomic E-state index is -0.284. The summed E-state index contributed by atoms with van der Waals surface area (Å²) in [6.45, 7) is 6.54. The van der Waals surface area contributed by atoms with Gasteiger partial charge in [-0.25, -0.2) is 0 Å². The molecule has 0 atom stereocenters. The van der Waals surface area contributed by atoms with Crippen LogP contribution in [0.5, 0.6) is 5.75 Å². The molecule has 31 heavy (non-hydrogen) atoms. The highest BCUT2D eigenvalue weighted by atomic mass is 16.5. The highest BCUT2D eigenvalue weighted by molar-refractivity contribution is 6.36. The van der Waals surface area contributed by atoms with Crippen LogP contribution in [0, 0.1) is 5.92 Å². The van der Waals surface area contributed by atoms with Crippen LogP contribution in [-0.4, -0.2) is 43.5 Å². The first-order valence-electron chi connectivity index (χ1n) is 10.8. The van der Waals surface area contributed by atoms with E-state index in [2.05, 4.69) is 22.3 Å². The predicted octanol–water partition coefficient (Wildman–Crippen LogP) is 4.14. The van der Waals surface area contributed by atoms with E-state index in [1.54, 1.807) is 19.2 Å². The summed E-state index contributed by atoms with van der Waals surface area (Å²) in [6, 6.07) is 15.3. The molecule has 4 rings (SSSR count). The van der Waals surface area contributed by atoms with Crippen molar-refractivity contribution in [2.45, 2.75) is 26.7 Å². The van der Waals surface area contributed by atoms with Crippen molar-refractivity contribution in [2.24, 2.45) is 5.92 Å². The maximum absolute atomic E-state index is 13.2. The lowest BCUT2D eigenvalue weighted by molar-refractivity contribution is -0.137. The molecular weight excluding hydrogens is 390 g/mol. The second-order valence-electron chi connectivity index (χ2n) is 8.46. The Bertz CT molecular complexity index is 988. The monoisotopic (exact) mass is 419 g/mol. The van der Waals surface area contributed by atoms with Gasteiger partial charge in [-0.05, 0) is 60.7 Å². The predicted molar refractivity (Wildman–Crippen MR) is 123 cm³/mol. The van der Waals surface area contributed by atoms with E-state index < -0.39 is 0 Å². The zero-order valence-corrected chi connectivity index (χ0v) is 18.4. The molecule has 6 nitrogen and oxygen atoms in total. The molecular formula is C25H29N3O3. The Balaban J connectivity index is 1.66. The van der Waals surface area contributed by atoms with E-state index in [1.165, 1.54) is 23.4 Å². The maximum atomic E-state index is 13.2. The van der Waals surface area contributed by atoms with Crippen molar-refractivity contribution in [2.75, 3.05) is 37.0 Å². The Morgan fingerprint density at radius 1 is 0.935 bits per heavy atom. The summed E-state index contributed by atoms with van der Waals surface area (Å²) in [5.41, 5.74) is 3.39. The van der Waals surface area contributed by atoms with Crippen molar-refractivity contribution in [3.8, 4) is 5.75 Å². The molecule has 2 aromatic carbocycles. The molecule has 6 heteroatoms. The summed E-state index contributed by atoms with van der Waals surface area (Å²) in [4.78, 5) is 30.1. The lowest BCUT2D eigenvalue weighted by Crippen LogP contribution is -2.35. The standard InChI is InChI=1S/C25H29N3O3/c1-17(2)16-28-24(29)22(18-6-12-21(31-3)13-7-18)23(25(28)30)26-19-8-10-20(11-9-19)27-14-4-5-15-27/h6-13,17,26H,4-5,14-16H2,1-3H3. The van der Waals surface area contributed by atoms with E-state index >= 15 is 0 Å². The van der Waals surface area contributed by atoms with Crippen LogP contribution >= 0.6 is 0 Å². The number of benzene rings is 2. The van der Waals surface area contributed by atoms with E-state index in [9.17, 15) is 9.59 Å². The van der Waals surface area contributed by atoms with Gasteiger partial charge in [0.15, 0.2) is 0 Å². The molecule has 1 fully saturated rings. The zero-order valence-electron chi connectivity index (χ0n) is 18.4. The van der Waals surface area contributed by atoms with Gasteiger partial charge in [0.1, 0.15) is 11.4 Å². The van der Waals surface area contributed by atoms with Gasteiger partial charge in [-0.1, -0.05) is 26.0 Å². The van der Waals surface area contributed by atoms with Gasteiger partial charge in [-0.2, -0.15) is 0 Å². The average molecular weight is 420 g/mol. The Morgan fingerprint density at radius 2 is 1.58 bits per heavy atom. The second-order valence-corrected chi connectivity index (χ2v) is 8.46. The molecule has 0 bridgehead atoms. The van der Waals surface area contributed by atoms with E-state index in [1.807, 2.05) is 38.1 Å². The molecule has 0 radical (unpaired) electrons. The number of nitrogens with one attached hydrogen (secondary N) is 1. The third-order valence-corrected chi connectivity index (χ3v) is 5.70. The summed E-state index contributed by atoms with van der Waals surface area (Å²) in [7, 11) is 1.60. The Hall–Kier alpha value is -3.28. The van der Waals surface area contributed by atoms with E-state index in [4.69, 9.17) is 4.74 Å². The van der Waals surface area contributed by atoms with Crippen LogP contribution in [0.2, 0.25) is 0 Å². The van der Waals surface area contributed by atoms with Crippen molar-refractivity contribution in [3.63, 3.8) is 0 Å². The SMILES string of the molecule is COc1ccc(C2=C(Nc3ccc(N4CCCC4)cc3)C(=O)N(CC(C)C)C2=O)cc1. The molecule has 0 aliphatic carbocycles. The first-order chi connectivity index (χ1) is 15.0. The maximum Gasteiger partial charge on any atom is 0.278 e. The van der Waals surface area contributed by atoms with E-state index in [0.717, 1.165) is 18.8 Å². The molecule has 2 amide bonds. The van der Waals surface area contributed by atoms with Gasteiger partial charge in [0, 0.05) is 31.0 Å². The Kier molecular flexibility index (Phi) is 5.98. The number of nitrogens with zero attached hydrogens (tertiary/aromatic N) is 2. The van der Waals surface area contributed by atoms with Gasteiger partial charge in [0.05, 0.1) is 12.7 Å². The summed E-state index contributed by atoms with van der Waals surface area (Å²) in [6.07, 6.45) is 2.45. The van der Waals surface area contributed by atoms with Gasteiger partial charge >= 0.3 is 0 Å². The fraction of sp³-hybridized carbons (Fsp3) is 0.360. The summed E-state index contributed by atoms with van der Waals surface area (Å²) < 4.78 is 5.23. The largest absolute Gasteiger partial charge is 0.497 e. The summed E-state index contributed by atoms with van der Waals surface area (Å²) in [5.74, 6) is 0.337. The lowest BCUT2D eigenvalue weighted by Gasteiger charge is -2.18. The van der Waals surface area contributed by atoms with Crippen molar-refractivity contribution in [1.29, 1.82) is 0 Å². The van der Waals surface area contributed by atoms with Crippen molar-refractivity contribution in [3.05, 3.63) is 59.8 Å². The zero-order chi connectivity index (χ0) is 22.0. The first kappa shape index (κ1) is 21.0. The number of carbonyl (C=O) groups excluding carboxylic acids is 2. The molecule has 0 spiro atoms. The fourth-order valence-corrected chi connectivity index (χ4v) is 4.12. The van der Waals surface area contributed by atoms with Crippen LogP contribution in [0.4, 0.5) is 11.4 Å². The highest BCUT2D eigenvalue weighted by Gasteiger charge is 2.39. The molecule has 0 aromatic heterocycles. The van der Waals surface area contributed by atoms with Crippen molar-refractivity contribution < 1.29 is 14.3 Å². The van der Waals surface area contributed by atoms with E-state index in [-0.39, 0.29) is 17.7 Å².